The topological polar surface area (TPSA) is 67.2 Å². The second-order valence-corrected chi connectivity index (χ2v) is 8.77. The minimum atomic E-state index is -0.279. The molecule has 1 fully saturated rings. The van der Waals surface area contributed by atoms with E-state index in [0.717, 1.165) is 78.6 Å². The zero-order valence-electron chi connectivity index (χ0n) is 16.6. The number of hydrogen-bond donors (Lipinski definition) is 0. The first kappa shape index (κ1) is 19.4. The van der Waals surface area contributed by atoms with Gasteiger partial charge in [-0.15, -0.1) is 0 Å². The van der Waals surface area contributed by atoms with Gasteiger partial charge in [0.25, 0.3) is 5.56 Å². The Bertz CT molecular complexity index is 1130. The maximum absolute atomic E-state index is 13.7. The maximum Gasteiger partial charge on any atom is 0.267 e. The van der Waals surface area contributed by atoms with E-state index in [4.69, 9.17) is 0 Å². The lowest BCUT2D eigenvalue weighted by Crippen LogP contribution is -2.48. The molecular weight excluding hydrogens is 403 g/mol. The quantitative estimate of drug-likeness (QED) is 0.632. The molecule has 0 unspecified atom stereocenters. The lowest BCUT2D eigenvalue weighted by Gasteiger charge is -2.35. The monoisotopic (exact) mass is 426 g/mol. The van der Waals surface area contributed by atoms with Gasteiger partial charge in [-0.1, -0.05) is 0 Å². The van der Waals surface area contributed by atoms with E-state index in [1.165, 1.54) is 18.5 Å². The molecule has 0 aliphatic carbocycles. The van der Waals surface area contributed by atoms with Crippen LogP contribution in [0.25, 0.3) is 10.9 Å². The second kappa shape index (κ2) is 8.31. The predicted octanol–water partition coefficient (Wildman–Crippen LogP) is 1.94. The van der Waals surface area contributed by atoms with Gasteiger partial charge in [0.15, 0.2) is 0 Å². The van der Waals surface area contributed by atoms with Crippen LogP contribution in [0.5, 0.6) is 0 Å². The average molecular weight is 427 g/mol. The predicted molar refractivity (Wildman–Crippen MR) is 117 cm³/mol. The Kier molecular flexibility index (Phi) is 5.39. The number of rotatable bonds is 4. The Morgan fingerprint density at radius 2 is 1.93 bits per heavy atom. The van der Waals surface area contributed by atoms with Crippen molar-refractivity contribution in [3.63, 3.8) is 0 Å². The van der Waals surface area contributed by atoms with Crippen molar-refractivity contribution < 1.29 is 4.39 Å². The highest BCUT2D eigenvalue weighted by Crippen LogP contribution is 2.25. The van der Waals surface area contributed by atoms with Crippen LogP contribution in [0.4, 0.5) is 10.2 Å². The van der Waals surface area contributed by atoms with Crippen molar-refractivity contribution in [2.75, 3.05) is 43.4 Å². The van der Waals surface area contributed by atoms with Crippen LogP contribution in [0.2, 0.25) is 0 Å². The molecule has 30 heavy (non-hydrogen) atoms. The number of aryl methyl sites for hydroxylation is 1. The van der Waals surface area contributed by atoms with E-state index in [1.54, 1.807) is 16.8 Å². The van der Waals surface area contributed by atoms with Gasteiger partial charge in [0.1, 0.15) is 18.0 Å². The van der Waals surface area contributed by atoms with Crippen LogP contribution in [0, 0.1) is 5.82 Å². The Morgan fingerprint density at radius 3 is 2.80 bits per heavy atom. The smallest absolute Gasteiger partial charge is 0.267 e. The maximum atomic E-state index is 13.7. The van der Waals surface area contributed by atoms with Gasteiger partial charge in [0.05, 0.1) is 17.8 Å². The van der Waals surface area contributed by atoms with Gasteiger partial charge in [-0.25, -0.2) is 19.0 Å². The summed E-state index contributed by atoms with van der Waals surface area (Å²) < 4.78 is 15.3. The van der Waals surface area contributed by atoms with Crippen LogP contribution >= 0.6 is 11.8 Å². The van der Waals surface area contributed by atoms with E-state index >= 15 is 0 Å². The minimum Gasteiger partial charge on any atom is -0.353 e. The van der Waals surface area contributed by atoms with E-state index in [9.17, 15) is 9.18 Å². The number of halogens is 1. The fourth-order valence-electron chi connectivity index (χ4n) is 4.10. The molecule has 1 saturated heterocycles. The molecule has 7 nitrogen and oxygen atoms in total. The molecule has 0 atom stereocenters. The molecule has 2 aliphatic rings. The first-order chi connectivity index (χ1) is 14.7. The van der Waals surface area contributed by atoms with Crippen LogP contribution in [0.1, 0.15) is 11.3 Å². The molecule has 3 aromatic rings. The normalized spacial score (nSPS) is 17.3. The van der Waals surface area contributed by atoms with Crippen molar-refractivity contribution in [3.8, 4) is 0 Å². The van der Waals surface area contributed by atoms with Gasteiger partial charge in [0, 0.05) is 56.4 Å². The van der Waals surface area contributed by atoms with Gasteiger partial charge in [-0.05, 0) is 29.5 Å². The average Bonchev–Trinajstić information content (AvgIpc) is 2.77. The molecule has 0 amide bonds. The minimum absolute atomic E-state index is 0.00984. The van der Waals surface area contributed by atoms with Gasteiger partial charge in [-0.3, -0.25) is 9.69 Å². The van der Waals surface area contributed by atoms with Crippen molar-refractivity contribution in [1.29, 1.82) is 0 Å². The lowest BCUT2D eigenvalue weighted by atomic mass is 10.2. The van der Waals surface area contributed by atoms with Crippen LogP contribution in [0.15, 0.2) is 35.4 Å². The van der Waals surface area contributed by atoms with Crippen molar-refractivity contribution in [2.24, 2.45) is 0 Å². The van der Waals surface area contributed by atoms with E-state index in [2.05, 4.69) is 24.9 Å². The fourth-order valence-corrected chi connectivity index (χ4v) is 5.05. The number of anilines is 1. The molecule has 0 N–H and O–H groups in total. The van der Waals surface area contributed by atoms with Crippen molar-refractivity contribution in [1.82, 2.24) is 24.6 Å². The van der Waals surface area contributed by atoms with Gasteiger partial charge in [-0.2, -0.15) is 16.9 Å². The molecule has 9 heteroatoms. The summed E-state index contributed by atoms with van der Waals surface area (Å²) in [6.07, 6.45) is 2.47. The third kappa shape index (κ3) is 3.91. The highest BCUT2D eigenvalue weighted by atomic mass is 32.2. The Hall–Kier alpha value is -2.52. The summed E-state index contributed by atoms with van der Waals surface area (Å²) in [5.74, 6) is 2.47. The number of aromatic nitrogens is 4. The van der Waals surface area contributed by atoms with Gasteiger partial charge < -0.3 is 4.90 Å². The standard InChI is InChI=1S/C21H23FN6OS/c22-16-1-2-19-17(12-16)21(24-14-23-19)27-7-4-26(5-8-27)6-9-28-20(29)11-15-13-30-10-3-18(15)25-28/h1-2,11-12,14H,3-10,13H2. The third-order valence-electron chi connectivity index (χ3n) is 5.78. The molecule has 1 aromatic carbocycles. The highest BCUT2D eigenvalue weighted by molar-refractivity contribution is 7.98. The SMILES string of the molecule is O=c1cc2c(nn1CCN1CCN(c3ncnc4ccc(F)cc34)CC1)CCSC2. The van der Waals surface area contributed by atoms with E-state index < -0.39 is 0 Å². The molecule has 0 saturated carbocycles. The van der Waals surface area contributed by atoms with E-state index in [-0.39, 0.29) is 11.4 Å². The van der Waals surface area contributed by atoms with E-state index in [0.29, 0.717) is 6.54 Å². The Balaban J connectivity index is 1.23. The first-order valence-corrected chi connectivity index (χ1v) is 11.4. The zero-order chi connectivity index (χ0) is 20.5. The number of benzene rings is 1. The van der Waals surface area contributed by atoms with Gasteiger partial charge in [0.2, 0.25) is 0 Å². The number of nitrogens with zero attached hydrogens (tertiary/aromatic N) is 6. The lowest BCUT2D eigenvalue weighted by molar-refractivity contribution is 0.242. The van der Waals surface area contributed by atoms with Crippen LogP contribution < -0.4 is 10.5 Å². The number of fused-ring (bicyclic) bond motifs is 2. The van der Waals surface area contributed by atoms with Crippen molar-refractivity contribution in [3.05, 3.63) is 58.0 Å². The summed E-state index contributed by atoms with van der Waals surface area (Å²) in [7, 11) is 0. The summed E-state index contributed by atoms with van der Waals surface area (Å²) >= 11 is 1.86. The molecule has 2 aromatic heterocycles. The molecule has 0 spiro atoms. The molecule has 0 bridgehead atoms. The van der Waals surface area contributed by atoms with Crippen LogP contribution in [0.3, 0.4) is 0 Å². The molecule has 156 valence electrons. The Morgan fingerprint density at radius 1 is 1.07 bits per heavy atom. The van der Waals surface area contributed by atoms with Gasteiger partial charge >= 0.3 is 0 Å². The highest BCUT2D eigenvalue weighted by Gasteiger charge is 2.21. The number of piperazine rings is 1. The zero-order valence-corrected chi connectivity index (χ0v) is 17.4. The van der Waals surface area contributed by atoms with Crippen molar-refractivity contribution >= 4 is 28.5 Å². The second-order valence-electron chi connectivity index (χ2n) is 7.67. The number of hydrogen-bond acceptors (Lipinski definition) is 7. The molecular formula is C21H23FN6OS. The summed E-state index contributed by atoms with van der Waals surface area (Å²) in [6.45, 7) is 4.70. The number of thioether (sulfide) groups is 1. The third-order valence-corrected chi connectivity index (χ3v) is 6.79. The summed E-state index contributed by atoms with van der Waals surface area (Å²) in [5, 5.41) is 5.35. The Labute approximate surface area is 177 Å². The molecule has 0 radical (unpaired) electrons. The molecule has 4 heterocycles. The summed E-state index contributed by atoms with van der Waals surface area (Å²) in [4.78, 5) is 25.5. The first-order valence-electron chi connectivity index (χ1n) is 10.2. The van der Waals surface area contributed by atoms with Crippen LogP contribution in [-0.2, 0) is 18.7 Å². The summed E-state index contributed by atoms with van der Waals surface area (Å²) in [6, 6.07) is 6.37. The largest absolute Gasteiger partial charge is 0.353 e. The van der Waals surface area contributed by atoms with Crippen LogP contribution in [-0.4, -0.2) is 63.1 Å². The molecule has 5 rings (SSSR count). The van der Waals surface area contributed by atoms with E-state index in [1.807, 2.05) is 11.8 Å². The summed E-state index contributed by atoms with van der Waals surface area (Å²) in [5.41, 5.74) is 2.90. The fraction of sp³-hybridized carbons (Fsp3) is 0.429. The van der Waals surface area contributed by atoms with Crippen molar-refractivity contribution in [2.45, 2.75) is 18.7 Å². The molecule has 2 aliphatic heterocycles.